The molecule has 1 aliphatic rings. The third kappa shape index (κ3) is 2.55. The molecule has 0 unspecified atom stereocenters. The molecule has 0 radical (unpaired) electrons. The number of benzene rings is 1. The van der Waals surface area contributed by atoms with E-state index >= 15 is 0 Å². The molecule has 0 heterocycles. The topological polar surface area (TPSA) is 9.23 Å². The summed E-state index contributed by atoms with van der Waals surface area (Å²) < 4.78 is 19.9. The number of hydrogen-bond donors (Lipinski definition) is 0. The minimum atomic E-state index is -0.225. The van der Waals surface area contributed by atoms with E-state index < -0.39 is 0 Å². The molecule has 1 aromatic rings. The molecule has 0 bridgehead atoms. The molecule has 0 aliphatic heterocycles. The van der Waals surface area contributed by atoms with Crippen LogP contribution in [0.5, 0.6) is 5.75 Å². The molecule has 2 rings (SSSR count). The second-order valence-corrected chi connectivity index (χ2v) is 5.11. The van der Waals surface area contributed by atoms with Crippen LogP contribution in [0.15, 0.2) is 34.6 Å². The predicted molar refractivity (Wildman–Crippen MR) is 72.3 cm³/mol. The van der Waals surface area contributed by atoms with E-state index in [4.69, 9.17) is 16.3 Å². The molecule has 0 amide bonds. The monoisotopic (exact) mass is 316 g/mol. The van der Waals surface area contributed by atoms with Gasteiger partial charge in [0.1, 0.15) is 11.6 Å². The van der Waals surface area contributed by atoms with Crippen LogP contribution in [0.3, 0.4) is 0 Å². The Morgan fingerprint density at radius 1 is 1.41 bits per heavy atom. The van der Waals surface area contributed by atoms with Gasteiger partial charge in [0, 0.05) is 20.6 Å². The van der Waals surface area contributed by atoms with Crippen molar-refractivity contribution in [3.8, 4) is 5.75 Å². The first-order valence-electron chi connectivity index (χ1n) is 5.22. The quantitative estimate of drug-likeness (QED) is 0.737. The summed E-state index contributed by atoms with van der Waals surface area (Å²) in [5.74, 6) is 0.359. The summed E-state index contributed by atoms with van der Waals surface area (Å²) in [5, 5.41) is 0.575. The SMILES string of the molecule is COc1cc(Cl)ccc1C1=CCCC(Br)=C1F. The van der Waals surface area contributed by atoms with E-state index in [1.165, 1.54) is 0 Å². The van der Waals surface area contributed by atoms with Gasteiger partial charge in [0.25, 0.3) is 0 Å². The van der Waals surface area contributed by atoms with E-state index in [2.05, 4.69) is 15.9 Å². The van der Waals surface area contributed by atoms with Crippen molar-refractivity contribution in [1.82, 2.24) is 0 Å². The van der Waals surface area contributed by atoms with Gasteiger partial charge in [0.15, 0.2) is 0 Å². The van der Waals surface area contributed by atoms with E-state index in [0.29, 0.717) is 27.2 Å². The van der Waals surface area contributed by atoms with Crippen LogP contribution in [0.25, 0.3) is 5.57 Å². The number of halogens is 3. The molecule has 17 heavy (non-hydrogen) atoms. The molecule has 0 N–H and O–H groups in total. The Morgan fingerprint density at radius 2 is 2.18 bits per heavy atom. The number of rotatable bonds is 2. The number of methoxy groups -OCH3 is 1. The largest absolute Gasteiger partial charge is 0.496 e. The molecule has 0 saturated heterocycles. The minimum Gasteiger partial charge on any atom is -0.496 e. The zero-order valence-corrected chi connectivity index (χ0v) is 11.6. The van der Waals surface area contributed by atoms with E-state index in [1.54, 1.807) is 25.3 Å². The maximum atomic E-state index is 14.0. The van der Waals surface area contributed by atoms with E-state index in [-0.39, 0.29) is 5.83 Å². The normalized spacial score (nSPS) is 15.9. The van der Waals surface area contributed by atoms with Gasteiger partial charge in [-0.05, 0) is 31.0 Å². The average molecular weight is 318 g/mol. The van der Waals surface area contributed by atoms with Crippen molar-refractivity contribution >= 4 is 33.1 Å². The van der Waals surface area contributed by atoms with Crippen molar-refractivity contribution in [3.63, 3.8) is 0 Å². The van der Waals surface area contributed by atoms with Gasteiger partial charge < -0.3 is 4.74 Å². The fourth-order valence-corrected chi connectivity index (χ4v) is 2.41. The highest BCUT2D eigenvalue weighted by Gasteiger charge is 2.19. The van der Waals surface area contributed by atoms with Gasteiger partial charge in [0.05, 0.1) is 7.11 Å². The third-order valence-electron chi connectivity index (χ3n) is 2.64. The van der Waals surface area contributed by atoms with Gasteiger partial charge in [-0.15, -0.1) is 0 Å². The van der Waals surface area contributed by atoms with Crippen molar-refractivity contribution in [3.05, 3.63) is 45.2 Å². The van der Waals surface area contributed by atoms with Crippen LogP contribution in [-0.2, 0) is 0 Å². The van der Waals surface area contributed by atoms with Crippen LogP contribution in [-0.4, -0.2) is 7.11 Å². The van der Waals surface area contributed by atoms with Gasteiger partial charge in [0.2, 0.25) is 0 Å². The van der Waals surface area contributed by atoms with Crippen molar-refractivity contribution in [1.29, 1.82) is 0 Å². The standard InChI is InChI=1S/C13H11BrClFO/c1-17-12-7-8(15)5-6-9(12)10-3-2-4-11(14)13(10)16/h3,5-7H,2,4H2,1H3. The molecule has 90 valence electrons. The minimum absolute atomic E-state index is 0.225. The Morgan fingerprint density at radius 3 is 2.88 bits per heavy atom. The zero-order valence-electron chi connectivity index (χ0n) is 9.27. The summed E-state index contributed by atoms with van der Waals surface area (Å²) in [7, 11) is 1.55. The summed E-state index contributed by atoms with van der Waals surface area (Å²) in [6.07, 6.45) is 3.40. The van der Waals surface area contributed by atoms with Crippen LogP contribution in [0.1, 0.15) is 18.4 Å². The lowest BCUT2D eigenvalue weighted by molar-refractivity contribution is 0.413. The maximum Gasteiger partial charge on any atom is 0.140 e. The van der Waals surface area contributed by atoms with Gasteiger partial charge in [-0.2, -0.15) is 0 Å². The zero-order chi connectivity index (χ0) is 12.4. The molecule has 0 aromatic heterocycles. The Balaban J connectivity index is 2.51. The van der Waals surface area contributed by atoms with Crippen LogP contribution in [0.2, 0.25) is 5.02 Å². The molecule has 1 aromatic carbocycles. The molecule has 0 fully saturated rings. The summed E-state index contributed by atoms with van der Waals surface area (Å²) in [4.78, 5) is 0. The van der Waals surface area contributed by atoms with Crippen molar-refractivity contribution in [2.75, 3.05) is 7.11 Å². The van der Waals surface area contributed by atoms with Gasteiger partial charge in [-0.1, -0.05) is 33.6 Å². The molecular formula is C13H11BrClFO. The lowest BCUT2D eigenvalue weighted by Gasteiger charge is -2.15. The van der Waals surface area contributed by atoms with Crippen molar-refractivity contribution in [2.45, 2.75) is 12.8 Å². The Hall–Kier alpha value is -0.800. The Kier molecular flexibility index (Phi) is 3.89. The lowest BCUT2D eigenvalue weighted by Crippen LogP contribution is -1.97. The molecule has 0 spiro atoms. The molecular weight excluding hydrogens is 306 g/mol. The number of allylic oxidation sites excluding steroid dienone is 4. The number of hydrogen-bond acceptors (Lipinski definition) is 1. The first-order valence-corrected chi connectivity index (χ1v) is 6.39. The summed E-state index contributed by atoms with van der Waals surface area (Å²) >= 11 is 9.13. The van der Waals surface area contributed by atoms with E-state index in [0.717, 1.165) is 12.0 Å². The average Bonchev–Trinajstić information content (AvgIpc) is 2.33. The first kappa shape index (κ1) is 12.7. The van der Waals surface area contributed by atoms with Crippen LogP contribution in [0.4, 0.5) is 4.39 Å². The van der Waals surface area contributed by atoms with Crippen LogP contribution < -0.4 is 4.74 Å². The summed E-state index contributed by atoms with van der Waals surface area (Å²) in [6.45, 7) is 0. The van der Waals surface area contributed by atoms with Crippen molar-refractivity contribution in [2.24, 2.45) is 0 Å². The summed E-state index contributed by atoms with van der Waals surface area (Å²) in [6, 6.07) is 5.20. The van der Waals surface area contributed by atoms with Gasteiger partial charge in [-0.25, -0.2) is 4.39 Å². The highest BCUT2D eigenvalue weighted by atomic mass is 79.9. The maximum absolute atomic E-state index is 14.0. The fraction of sp³-hybridized carbons (Fsp3) is 0.231. The highest BCUT2D eigenvalue weighted by Crippen LogP contribution is 2.40. The van der Waals surface area contributed by atoms with Crippen molar-refractivity contribution < 1.29 is 9.13 Å². The highest BCUT2D eigenvalue weighted by molar-refractivity contribution is 9.11. The third-order valence-corrected chi connectivity index (χ3v) is 3.62. The first-order chi connectivity index (χ1) is 8.13. The predicted octanol–water partition coefficient (Wildman–Crippen LogP) is 5.10. The summed E-state index contributed by atoms with van der Waals surface area (Å²) in [5.41, 5.74) is 1.29. The van der Waals surface area contributed by atoms with Gasteiger partial charge in [-0.3, -0.25) is 0 Å². The van der Waals surface area contributed by atoms with E-state index in [9.17, 15) is 4.39 Å². The molecule has 0 atom stereocenters. The second kappa shape index (κ2) is 5.23. The molecule has 0 saturated carbocycles. The number of ether oxygens (including phenoxy) is 1. The van der Waals surface area contributed by atoms with E-state index in [1.807, 2.05) is 6.08 Å². The molecule has 1 aliphatic carbocycles. The Labute approximate surface area is 113 Å². The van der Waals surface area contributed by atoms with Crippen LogP contribution >= 0.6 is 27.5 Å². The molecule has 1 nitrogen and oxygen atoms in total. The Bertz CT molecular complexity index is 508. The molecule has 4 heteroatoms. The fourth-order valence-electron chi connectivity index (χ4n) is 1.80. The smallest absolute Gasteiger partial charge is 0.140 e. The lowest BCUT2D eigenvalue weighted by atomic mass is 9.97. The van der Waals surface area contributed by atoms with Gasteiger partial charge >= 0.3 is 0 Å². The second-order valence-electron chi connectivity index (χ2n) is 3.72. The van der Waals surface area contributed by atoms with Crippen LogP contribution in [0, 0.1) is 0 Å².